The molecule has 1 aliphatic rings. The lowest BCUT2D eigenvalue weighted by Gasteiger charge is -2.27. The Balaban J connectivity index is 1.79. The smallest absolute Gasteiger partial charge is 0.251 e. The summed E-state index contributed by atoms with van der Waals surface area (Å²) in [6, 6.07) is 7.91. The van der Waals surface area contributed by atoms with Gasteiger partial charge in [0, 0.05) is 58.5 Å². The predicted octanol–water partition coefficient (Wildman–Crippen LogP) is 0.858. The van der Waals surface area contributed by atoms with Gasteiger partial charge in [0.05, 0.1) is 0 Å². The van der Waals surface area contributed by atoms with Crippen LogP contribution in [0, 0.1) is 0 Å². The molecule has 116 valence electrons. The maximum absolute atomic E-state index is 11.9. The molecule has 0 radical (unpaired) electrons. The second kappa shape index (κ2) is 8.77. The van der Waals surface area contributed by atoms with E-state index in [1.165, 1.54) is 5.56 Å². The Morgan fingerprint density at radius 2 is 2.00 bits per heavy atom. The van der Waals surface area contributed by atoms with E-state index < -0.39 is 0 Å². The van der Waals surface area contributed by atoms with Gasteiger partial charge in [0.25, 0.3) is 5.91 Å². The molecule has 0 saturated carbocycles. The molecule has 1 aromatic carbocycles. The Labute approximate surface area is 126 Å². The largest absolute Gasteiger partial charge is 0.385 e. The normalized spacial score (nSPS) is 15.9. The van der Waals surface area contributed by atoms with E-state index in [1.54, 1.807) is 7.11 Å². The summed E-state index contributed by atoms with van der Waals surface area (Å²) >= 11 is 0. The molecule has 1 saturated heterocycles. The van der Waals surface area contributed by atoms with E-state index in [0.29, 0.717) is 13.2 Å². The maximum Gasteiger partial charge on any atom is 0.251 e. The summed E-state index contributed by atoms with van der Waals surface area (Å²) < 4.78 is 4.96. The highest BCUT2D eigenvalue weighted by Gasteiger charge is 2.10. The van der Waals surface area contributed by atoms with Crippen LogP contribution in [-0.2, 0) is 11.3 Å². The van der Waals surface area contributed by atoms with Crippen molar-refractivity contribution >= 4 is 5.91 Å². The molecule has 0 bridgehead atoms. The first-order valence-corrected chi connectivity index (χ1v) is 7.59. The van der Waals surface area contributed by atoms with Crippen molar-refractivity contribution < 1.29 is 9.53 Å². The Kier molecular flexibility index (Phi) is 6.66. The molecule has 0 unspecified atom stereocenters. The van der Waals surface area contributed by atoms with E-state index in [1.807, 2.05) is 24.3 Å². The highest BCUT2D eigenvalue weighted by molar-refractivity contribution is 5.94. The highest BCUT2D eigenvalue weighted by atomic mass is 16.5. The lowest BCUT2D eigenvalue weighted by Crippen LogP contribution is -2.42. The van der Waals surface area contributed by atoms with Crippen molar-refractivity contribution in [3.05, 3.63) is 35.4 Å². The predicted molar refractivity (Wildman–Crippen MR) is 83.4 cm³/mol. The van der Waals surface area contributed by atoms with Gasteiger partial charge in [0.1, 0.15) is 0 Å². The zero-order valence-electron chi connectivity index (χ0n) is 12.7. The van der Waals surface area contributed by atoms with E-state index in [9.17, 15) is 4.79 Å². The van der Waals surface area contributed by atoms with E-state index in [-0.39, 0.29) is 5.91 Å². The molecule has 2 rings (SSSR count). The molecular weight excluding hydrogens is 266 g/mol. The zero-order valence-corrected chi connectivity index (χ0v) is 12.7. The first-order chi connectivity index (χ1) is 10.3. The molecule has 1 fully saturated rings. The molecule has 1 aromatic rings. The van der Waals surface area contributed by atoms with Crippen LogP contribution < -0.4 is 10.6 Å². The van der Waals surface area contributed by atoms with Crippen LogP contribution in [0.15, 0.2) is 24.3 Å². The standard InChI is InChI=1S/C16H25N3O2/c1-21-12-2-7-18-16(20)15-5-3-14(4-6-15)13-19-10-8-17-9-11-19/h3-6,17H,2,7-13H2,1H3,(H,18,20). The number of nitrogens with one attached hydrogen (secondary N) is 2. The number of nitrogens with zero attached hydrogens (tertiary/aromatic N) is 1. The molecule has 0 spiro atoms. The molecule has 21 heavy (non-hydrogen) atoms. The maximum atomic E-state index is 11.9. The number of amides is 1. The third-order valence-corrected chi connectivity index (χ3v) is 3.64. The van der Waals surface area contributed by atoms with Crippen molar-refractivity contribution in [2.75, 3.05) is 46.4 Å². The average Bonchev–Trinajstić information content (AvgIpc) is 2.53. The molecular formula is C16H25N3O2. The molecule has 5 heteroatoms. The number of ether oxygens (including phenoxy) is 1. The second-order valence-corrected chi connectivity index (χ2v) is 5.33. The molecule has 1 aliphatic heterocycles. The van der Waals surface area contributed by atoms with E-state index in [4.69, 9.17) is 4.74 Å². The lowest BCUT2D eigenvalue weighted by atomic mass is 10.1. The number of carbonyl (C=O) groups is 1. The number of rotatable bonds is 7. The van der Waals surface area contributed by atoms with Crippen molar-refractivity contribution in [2.45, 2.75) is 13.0 Å². The van der Waals surface area contributed by atoms with Gasteiger partial charge in [0.15, 0.2) is 0 Å². The number of carbonyl (C=O) groups excluding carboxylic acids is 1. The van der Waals surface area contributed by atoms with Gasteiger partial charge in [-0.3, -0.25) is 9.69 Å². The number of hydrogen-bond acceptors (Lipinski definition) is 4. The summed E-state index contributed by atoms with van der Waals surface area (Å²) in [5, 5.41) is 6.25. The van der Waals surface area contributed by atoms with Crippen molar-refractivity contribution in [1.29, 1.82) is 0 Å². The summed E-state index contributed by atoms with van der Waals surface area (Å²) in [5.74, 6) is -0.0141. The lowest BCUT2D eigenvalue weighted by molar-refractivity contribution is 0.0948. The monoisotopic (exact) mass is 291 g/mol. The summed E-state index contributed by atoms with van der Waals surface area (Å²) in [6.45, 7) is 6.56. The van der Waals surface area contributed by atoms with Crippen molar-refractivity contribution in [1.82, 2.24) is 15.5 Å². The summed E-state index contributed by atoms with van der Waals surface area (Å²) in [6.07, 6.45) is 0.837. The first kappa shape index (κ1) is 15.9. The molecule has 1 heterocycles. The number of methoxy groups -OCH3 is 1. The van der Waals surface area contributed by atoms with Gasteiger partial charge in [-0.15, -0.1) is 0 Å². The summed E-state index contributed by atoms with van der Waals surface area (Å²) in [4.78, 5) is 14.4. The average molecular weight is 291 g/mol. The Hall–Kier alpha value is -1.43. The van der Waals surface area contributed by atoms with Crippen LogP contribution in [-0.4, -0.2) is 57.2 Å². The number of benzene rings is 1. The van der Waals surface area contributed by atoms with E-state index >= 15 is 0 Å². The first-order valence-electron chi connectivity index (χ1n) is 7.59. The van der Waals surface area contributed by atoms with Gasteiger partial charge in [-0.05, 0) is 24.1 Å². The van der Waals surface area contributed by atoms with Crippen LogP contribution in [0.4, 0.5) is 0 Å². The van der Waals surface area contributed by atoms with E-state index in [0.717, 1.165) is 44.7 Å². The number of piperazine rings is 1. The molecule has 0 aliphatic carbocycles. The Morgan fingerprint density at radius 1 is 1.29 bits per heavy atom. The Bertz CT molecular complexity index is 428. The van der Waals surface area contributed by atoms with Gasteiger partial charge in [-0.25, -0.2) is 0 Å². The fraction of sp³-hybridized carbons (Fsp3) is 0.562. The topological polar surface area (TPSA) is 53.6 Å². The van der Waals surface area contributed by atoms with Crippen LogP contribution in [0.5, 0.6) is 0 Å². The van der Waals surface area contributed by atoms with Crippen molar-refractivity contribution in [3.63, 3.8) is 0 Å². The minimum absolute atomic E-state index is 0.0141. The minimum Gasteiger partial charge on any atom is -0.385 e. The SMILES string of the molecule is COCCCNC(=O)c1ccc(CN2CCNCC2)cc1. The molecule has 0 atom stereocenters. The summed E-state index contributed by atoms with van der Waals surface area (Å²) in [5.41, 5.74) is 1.98. The van der Waals surface area contributed by atoms with Crippen molar-refractivity contribution in [3.8, 4) is 0 Å². The fourth-order valence-electron chi connectivity index (χ4n) is 2.41. The van der Waals surface area contributed by atoms with Gasteiger partial charge in [0.2, 0.25) is 0 Å². The van der Waals surface area contributed by atoms with Gasteiger partial charge >= 0.3 is 0 Å². The molecule has 5 nitrogen and oxygen atoms in total. The molecule has 1 amide bonds. The Morgan fingerprint density at radius 3 is 2.67 bits per heavy atom. The van der Waals surface area contributed by atoms with Gasteiger partial charge in [-0.2, -0.15) is 0 Å². The minimum atomic E-state index is -0.0141. The van der Waals surface area contributed by atoms with Crippen molar-refractivity contribution in [2.24, 2.45) is 0 Å². The third kappa shape index (κ3) is 5.46. The van der Waals surface area contributed by atoms with E-state index in [2.05, 4.69) is 15.5 Å². The van der Waals surface area contributed by atoms with Crippen LogP contribution in [0.1, 0.15) is 22.3 Å². The van der Waals surface area contributed by atoms with Crippen LogP contribution in [0.2, 0.25) is 0 Å². The quantitative estimate of drug-likeness (QED) is 0.732. The fourth-order valence-corrected chi connectivity index (χ4v) is 2.41. The zero-order chi connectivity index (χ0) is 14.9. The third-order valence-electron chi connectivity index (χ3n) is 3.64. The number of hydrogen-bond donors (Lipinski definition) is 2. The van der Waals surface area contributed by atoms with Gasteiger partial charge in [-0.1, -0.05) is 12.1 Å². The molecule has 2 N–H and O–H groups in total. The van der Waals surface area contributed by atoms with Crippen LogP contribution in [0.3, 0.4) is 0 Å². The highest BCUT2D eigenvalue weighted by Crippen LogP contribution is 2.08. The van der Waals surface area contributed by atoms with Crippen LogP contribution >= 0.6 is 0 Å². The summed E-state index contributed by atoms with van der Waals surface area (Å²) in [7, 11) is 1.67. The second-order valence-electron chi connectivity index (χ2n) is 5.33. The molecule has 0 aromatic heterocycles. The van der Waals surface area contributed by atoms with Gasteiger partial charge < -0.3 is 15.4 Å². The van der Waals surface area contributed by atoms with Crippen LogP contribution in [0.25, 0.3) is 0 Å².